The quantitative estimate of drug-likeness (QED) is 0.296. The maximum Gasteiger partial charge on any atom is 0.259 e. The number of carbonyl (C=O) groups is 2. The highest BCUT2D eigenvalue weighted by molar-refractivity contribution is 6.13. The fourth-order valence-corrected chi connectivity index (χ4v) is 2.69. The molecule has 0 fully saturated rings. The number of nitrogens with zero attached hydrogens (tertiary/aromatic N) is 2. The van der Waals surface area contributed by atoms with Crippen molar-refractivity contribution in [2.75, 3.05) is 17.7 Å². The summed E-state index contributed by atoms with van der Waals surface area (Å²) < 4.78 is 0. The third-order valence-electron chi connectivity index (χ3n) is 4.36. The second kappa shape index (κ2) is 8.87. The number of aromatic hydroxyl groups is 1. The Balaban J connectivity index is 1.83. The van der Waals surface area contributed by atoms with Gasteiger partial charge in [-0.1, -0.05) is 24.3 Å². The molecule has 3 aromatic rings. The number of pyridine rings is 1. The number of aryl methyl sites for hydroxylation is 1. The number of nitrogens with two attached hydrogens (primary N) is 1. The SMILES string of the molecule is CN=C(N)c1ccc(C(=O)Nc2c(O)cccc2C(=O)Nc2ccc(C)cn2)cc1. The van der Waals surface area contributed by atoms with Crippen LogP contribution in [-0.4, -0.2) is 34.8 Å². The molecule has 0 saturated heterocycles. The number of para-hydroxylation sites is 1. The van der Waals surface area contributed by atoms with Crippen LogP contribution < -0.4 is 16.4 Å². The number of hydrogen-bond acceptors (Lipinski definition) is 5. The smallest absolute Gasteiger partial charge is 0.259 e. The predicted molar refractivity (Wildman–Crippen MR) is 116 cm³/mol. The number of nitrogens with one attached hydrogen (secondary N) is 2. The Morgan fingerprint density at radius 1 is 0.967 bits per heavy atom. The summed E-state index contributed by atoms with van der Waals surface area (Å²) in [5, 5.41) is 15.5. The van der Waals surface area contributed by atoms with Gasteiger partial charge in [0.1, 0.15) is 17.4 Å². The molecule has 0 aliphatic heterocycles. The van der Waals surface area contributed by atoms with Gasteiger partial charge < -0.3 is 21.5 Å². The van der Waals surface area contributed by atoms with Crippen LogP contribution in [0.5, 0.6) is 5.75 Å². The van der Waals surface area contributed by atoms with Crippen molar-refractivity contribution in [1.82, 2.24) is 4.98 Å². The second-order valence-corrected chi connectivity index (χ2v) is 6.51. The van der Waals surface area contributed by atoms with Gasteiger partial charge in [-0.2, -0.15) is 0 Å². The third kappa shape index (κ3) is 4.61. The van der Waals surface area contributed by atoms with Crippen LogP contribution >= 0.6 is 0 Å². The molecule has 8 nitrogen and oxygen atoms in total. The van der Waals surface area contributed by atoms with E-state index in [4.69, 9.17) is 5.73 Å². The molecule has 0 aliphatic rings. The van der Waals surface area contributed by atoms with Gasteiger partial charge in [0.05, 0.1) is 11.3 Å². The van der Waals surface area contributed by atoms with Crippen LogP contribution in [-0.2, 0) is 0 Å². The minimum Gasteiger partial charge on any atom is -0.506 e. The number of hydrogen-bond donors (Lipinski definition) is 4. The molecule has 2 amide bonds. The number of aliphatic imine (C=N–C) groups is 1. The normalized spacial score (nSPS) is 11.1. The molecule has 0 aliphatic carbocycles. The Kier molecular flexibility index (Phi) is 6.07. The zero-order valence-corrected chi connectivity index (χ0v) is 16.5. The molecule has 3 rings (SSSR count). The van der Waals surface area contributed by atoms with Crippen LogP contribution in [0.4, 0.5) is 11.5 Å². The Labute approximate surface area is 173 Å². The molecule has 0 unspecified atom stereocenters. The summed E-state index contributed by atoms with van der Waals surface area (Å²) in [6.07, 6.45) is 1.63. The van der Waals surface area contributed by atoms with Crippen LogP contribution in [0.2, 0.25) is 0 Å². The van der Waals surface area contributed by atoms with Crippen LogP contribution in [0.1, 0.15) is 31.8 Å². The van der Waals surface area contributed by atoms with Gasteiger partial charge in [-0.3, -0.25) is 14.6 Å². The van der Waals surface area contributed by atoms with Gasteiger partial charge in [-0.05, 0) is 42.8 Å². The molecule has 5 N–H and O–H groups in total. The molecule has 0 spiro atoms. The molecule has 0 bridgehead atoms. The van der Waals surface area contributed by atoms with Crippen molar-refractivity contribution in [1.29, 1.82) is 0 Å². The predicted octanol–water partition coefficient (Wildman–Crippen LogP) is 2.94. The van der Waals surface area contributed by atoms with Crippen LogP contribution in [0.3, 0.4) is 0 Å². The van der Waals surface area contributed by atoms with E-state index >= 15 is 0 Å². The number of phenols is 1. The maximum absolute atomic E-state index is 12.7. The molecule has 1 aromatic heterocycles. The lowest BCUT2D eigenvalue weighted by Gasteiger charge is -2.13. The lowest BCUT2D eigenvalue weighted by Crippen LogP contribution is -2.19. The van der Waals surface area contributed by atoms with Crippen molar-refractivity contribution >= 4 is 29.2 Å². The topological polar surface area (TPSA) is 130 Å². The molecular formula is C22H21N5O3. The van der Waals surface area contributed by atoms with Crippen molar-refractivity contribution in [3.05, 3.63) is 83.0 Å². The van der Waals surface area contributed by atoms with E-state index in [1.54, 1.807) is 43.6 Å². The van der Waals surface area contributed by atoms with E-state index in [0.717, 1.165) is 5.56 Å². The van der Waals surface area contributed by atoms with Gasteiger partial charge in [0.15, 0.2) is 0 Å². The summed E-state index contributed by atoms with van der Waals surface area (Å²) >= 11 is 0. The van der Waals surface area contributed by atoms with Crippen LogP contribution in [0, 0.1) is 6.92 Å². The van der Waals surface area contributed by atoms with Gasteiger partial charge in [0.2, 0.25) is 0 Å². The largest absolute Gasteiger partial charge is 0.506 e. The van der Waals surface area contributed by atoms with Gasteiger partial charge in [-0.25, -0.2) is 4.98 Å². The van der Waals surface area contributed by atoms with Crippen molar-refractivity contribution in [3.8, 4) is 5.75 Å². The van der Waals surface area contributed by atoms with Gasteiger partial charge in [-0.15, -0.1) is 0 Å². The number of benzene rings is 2. The second-order valence-electron chi connectivity index (χ2n) is 6.51. The van der Waals surface area contributed by atoms with E-state index in [-0.39, 0.29) is 17.0 Å². The zero-order valence-electron chi connectivity index (χ0n) is 16.5. The summed E-state index contributed by atoms with van der Waals surface area (Å²) in [7, 11) is 1.58. The highest BCUT2D eigenvalue weighted by Crippen LogP contribution is 2.28. The Morgan fingerprint density at radius 2 is 1.67 bits per heavy atom. The Bertz CT molecular complexity index is 1110. The van der Waals surface area contributed by atoms with E-state index in [1.165, 1.54) is 18.2 Å². The van der Waals surface area contributed by atoms with E-state index in [9.17, 15) is 14.7 Å². The highest BCUT2D eigenvalue weighted by atomic mass is 16.3. The standard InChI is InChI=1S/C22H21N5O3/c1-13-6-11-18(25-12-13)26-22(30)16-4-3-5-17(28)19(16)27-21(29)15-9-7-14(8-10-15)20(23)24-2/h3-12,28H,1-2H3,(H2,23,24)(H,27,29)(H,25,26,30). The number of anilines is 2. The molecule has 1 heterocycles. The monoisotopic (exact) mass is 403 g/mol. The lowest BCUT2D eigenvalue weighted by molar-refractivity contribution is 0.102. The maximum atomic E-state index is 12.7. The molecule has 30 heavy (non-hydrogen) atoms. The summed E-state index contributed by atoms with van der Waals surface area (Å²) in [5.74, 6) is -0.521. The fraction of sp³-hybridized carbons (Fsp3) is 0.0909. The van der Waals surface area contributed by atoms with Gasteiger partial charge >= 0.3 is 0 Å². The first-order valence-corrected chi connectivity index (χ1v) is 9.09. The third-order valence-corrected chi connectivity index (χ3v) is 4.36. The molecule has 0 saturated carbocycles. The number of amidine groups is 1. The highest BCUT2D eigenvalue weighted by Gasteiger charge is 2.18. The zero-order chi connectivity index (χ0) is 21.7. The summed E-state index contributed by atoms with van der Waals surface area (Å²) in [5.41, 5.74) is 7.83. The average Bonchev–Trinajstić information content (AvgIpc) is 2.76. The number of rotatable bonds is 5. The number of aromatic nitrogens is 1. The fourth-order valence-electron chi connectivity index (χ4n) is 2.69. The first kappa shape index (κ1) is 20.5. The van der Waals surface area contributed by atoms with Crippen molar-refractivity contribution in [3.63, 3.8) is 0 Å². The molecule has 8 heteroatoms. The van der Waals surface area contributed by atoms with Crippen LogP contribution in [0.15, 0.2) is 65.8 Å². The Hall–Kier alpha value is -4.20. The molecule has 0 atom stereocenters. The number of carbonyl (C=O) groups excluding carboxylic acids is 2. The Morgan fingerprint density at radius 3 is 2.30 bits per heavy atom. The number of amides is 2. The van der Waals surface area contributed by atoms with Gasteiger partial charge in [0.25, 0.3) is 11.8 Å². The average molecular weight is 403 g/mol. The summed E-state index contributed by atoms with van der Waals surface area (Å²) in [4.78, 5) is 33.4. The van der Waals surface area contributed by atoms with E-state index in [0.29, 0.717) is 22.8 Å². The lowest BCUT2D eigenvalue weighted by atomic mass is 10.1. The molecule has 152 valence electrons. The minimum atomic E-state index is -0.514. The molecule has 0 radical (unpaired) electrons. The first-order chi connectivity index (χ1) is 14.4. The minimum absolute atomic E-state index is 0.00539. The van der Waals surface area contributed by atoms with Crippen LogP contribution in [0.25, 0.3) is 0 Å². The molecular weight excluding hydrogens is 382 g/mol. The van der Waals surface area contributed by atoms with E-state index in [1.807, 2.05) is 13.0 Å². The number of phenolic OH excluding ortho intramolecular Hbond substituents is 1. The van der Waals surface area contributed by atoms with Crippen molar-refractivity contribution < 1.29 is 14.7 Å². The van der Waals surface area contributed by atoms with Gasteiger partial charge in [0, 0.05) is 24.4 Å². The summed E-state index contributed by atoms with van der Waals surface area (Å²) in [6, 6.07) is 14.4. The summed E-state index contributed by atoms with van der Waals surface area (Å²) in [6.45, 7) is 1.89. The van der Waals surface area contributed by atoms with Crippen molar-refractivity contribution in [2.45, 2.75) is 6.92 Å². The van der Waals surface area contributed by atoms with Crippen molar-refractivity contribution in [2.24, 2.45) is 10.7 Å². The first-order valence-electron chi connectivity index (χ1n) is 9.09. The van der Waals surface area contributed by atoms with E-state index < -0.39 is 11.8 Å². The molecule has 2 aromatic carbocycles. The van der Waals surface area contributed by atoms with E-state index in [2.05, 4.69) is 20.6 Å².